The minimum absolute atomic E-state index is 0.0139. The van der Waals surface area contributed by atoms with Crippen molar-refractivity contribution in [1.82, 2.24) is 0 Å². The van der Waals surface area contributed by atoms with Crippen LogP contribution in [0.5, 0.6) is 0 Å². The molecule has 0 aromatic carbocycles. The van der Waals surface area contributed by atoms with Crippen LogP contribution in [0.15, 0.2) is 11.8 Å². The lowest BCUT2D eigenvalue weighted by Gasteiger charge is -2.71. The van der Waals surface area contributed by atoms with Gasteiger partial charge >= 0.3 is 11.9 Å². The lowest BCUT2D eigenvalue weighted by molar-refractivity contribution is -0.262. The summed E-state index contributed by atoms with van der Waals surface area (Å²) in [4.78, 5) is 24.1. The molecule has 1 aliphatic heterocycles. The van der Waals surface area contributed by atoms with Crippen LogP contribution in [0.1, 0.15) is 93.4 Å². The lowest BCUT2D eigenvalue weighted by atomic mass is 9.34. The average Bonchev–Trinajstić information content (AvgIpc) is 3.15. The second-order valence-electron chi connectivity index (χ2n) is 13.7. The molecular formula is C29H44O6. The molecule has 0 amide bonds. The molecule has 5 aliphatic rings. The van der Waals surface area contributed by atoms with Crippen molar-refractivity contribution < 1.29 is 28.9 Å². The molecule has 4 aliphatic carbocycles. The summed E-state index contributed by atoms with van der Waals surface area (Å²) in [6.07, 6.45) is 7.26. The van der Waals surface area contributed by atoms with Crippen LogP contribution < -0.4 is 0 Å². The third-order valence-corrected chi connectivity index (χ3v) is 11.6. The summed E-state index contributed by atoms with van der Waals surface area (Å²) in [5, 5.41) is 12.0. The minimum atomic E-state index is -0.802. The number of rotatable bonds is 2. The highest BCUT2D eigenvalue weighted by Crippen LogP contribution is 2.74. The molecular weight excluding hydrogens is 444 g/mol. The van der Waals surface area contributed by atoms with Crippen molar-refractivity contribution in [3.63, 3.8) is 0 Å². The summed E-state index contributed by atoms with van der Waals surface area (Å²) in [6.45, 7) is 14.8. The Morgan fingerprint density at radius 2 is 1.57 bits per heavy atom. The van der Waals surface area contributed by atoms with Crippen molar-refractivity contribution in [2.75, 3.05) is 0 Å². The molecule has 4 saturated carbocycles. The Hall–Kier alpha value is -1.56. The van der Waals surface area contributed by atoms with Crippen LogP contribution in [-0.2, 0) is 23.8 Å². The van der Waals surface area contributed by atoms with Crippen LogP contribution in [0, 0.1) is 45.3 Å². The van der Waals surface area contributed by atoms with Crippen LogP contribution in [0.3, 0.4) is 0 Å². The fourth-order valence-corrected chi connectivity index (χ4v) is 10.3. The molecule has 196 valence electrons. The molecule has 1 heterocycles. The van der Waals surface area contributed by atoms with E-state index in [0.717, 1.165) is 18.4 Å². The van der Waals surface area contributed by atoms with Gasteiger partial charge in [-0.25, -0.2) is 0 Å². The number of carbonyl (C=O) groups is 2. The molecule has 5 rings (SSSR count). The van der Waals surface area contributed by atoms with Crippen molar-refractivity contribution in [3.8, 4) is 0 Å². The van der Waals surface area contributed by atoms with Crippen molar-refractivity contribution >= 4 is 11.9 Å². The maximum atomic E-state index is 12.1. The summed E-state index contributed by atoms with van der Waals surface area (Å²) >= 11 is 0. The van der Waals surface area contributed by atoms with Crippen LogP contribution in [0.4, 0.5) is 0 Å². The van der Waals surface area contributed by atoms with Crippen molar-refractivity contribution in [3.05, 3.63) is 11.8 Å². The van der Waals surface area contributed by atoms with E-state index in [4.69, 9.17) is 14.2 Å². The Morgan fingerprint density at radius 1 is 0.914 bits per heavy atom. The predicted molar refractivity (Wildman–Crippen MR) is 131 cm³/mol. The van der Waals surface area contributed by atoms with Crippen LogP contribution >= 0.6 is 0 Å². The molecule has 0 unspecified atom stereocenters. The van der Waals surface area contributed by atoms with E-state index in [2.05, 4.69) is 34.6 Å². The average molecular weight is 489 g/mol. The summed E-state index contributed by atoms with van der Waals surface area (Å²) in [7, 11) is 0. The maximum Gasteiger partial charge on any atom is 0.305 e. The Balaban J connectivity index is 1.59. The minimum Gasteiger partial charge on any atom is -0.462 e. The molecule has 1 N–H and O–H groups in total. The maximum absolute atomic E-state index is 12.1. The quantitative estimate of drug-likeness (QED) is 0.526. The van der Waals surface area contributed by atoms with E-state index in [1.807, 2.05) is 0 Å². The smallest absolute Gasteiger partial charge is 0.305 e. The van der Waals surface area contributed by atoms with Crippen LogP contribution in [-0.4, -0.2) is 35.5 Å². The zero-order valence-corrected chi connectivity index (χ0v) is 22.6. The normalized spacial score (nSPS) is 49.8. The highest BCUT2D eigenvalue weighted by atomic mass is 16.7. The number of esters is 2. The van der Waals surface area contributed by atoms with Gasteiger partial charge in [-0.05, 0) is 72.5 Å². The first-order chi connectivity index (χ1) is 16.2. The van der Waals surface area contributed by atoms with Gasteiger partial charge in [0.2, 0.25) is 0 Å². The summed E-state index contributed by atoms with van der Waals surface area (Å²) in [5.74, 6) is 0.0707. The van der Waals surface area contributed by atoms with E-state index in [1.165, 1.54) is 39.5 Å². The van der Waals surface area contributed by atoms with Gasteiger partial charge in [-0.3, -0.25) is 9.59 Å². The number of hydrogen-bond donors (Lipinski definition) is 1. The first-order valence-corrected chi connectivity index (χ1v) is 13.6. The van der Waals surface area contributed by atoms with E-state index in [0.29, 0.717) is 23.7 Å². The zero-order chi connectivity index (χ0) is 25.6. The molecule has 0 spiro atoms. The fourth-order valence-electron chi connectivity index (χ4n) is 10.3. The second kappa shape index (κ2) is 7.97. The summed E-state index contributed by atoms with van der Waals surface area (Å²) < 4.78 is 17.4. The van der Waals surface area contributed by atoms with Crippen LogP contribution in [0.25, 0.3) is 0 Å². The van der Waals surface area contributed by atoms with Crippen molar-refractivity contribution in [2.24, 2.45) is 45.3 Å². The van der Waals surface area contributed by atoms with E-state index < -0.39 is 29.9 Å². The van der Waals surface area contributed by atoms with E-state index in [9.17, 15) is 14.7 Å². The molecule has 6 heteroatoms. The summed E-state index contributed by atoms with van der Waals surface area (Å²) in [6, 6.07) is 0. The number of ether oxygens (including phenoxy) is 3. The third-order valence-electron chi connectivity index (χ3n) is 11.6. The van der Waals surface area contributed by atoms with Gasteiger partial charge in [0.25, 0.3) is 6.29 Å². The van der Waals surface area contributed by atoms with E-state index in [-0.39, 0.29) is 28.6 Å². The first-order valence-electron chi connectivity index (χ1n) is 13.6. The zero-order valence-electron chi connectivity index (χ0n) is 22.6. The number of fused-ring (bicyclic) bond motifs is 7. The molecule has 0 bridgehead atoms. The van der Waals surface area contributed by atoms with Gasteiger partial charge in [0.15, 0.2) is 0 Å². The van der Waals surface area contributed by atoms with Gasteiger partial charge in [0.05, 0.1) is 18.3 Å². The second-order valence-corrected chi connectivity index (χ2v) is 13.7. The van der Waals surface area contributed by atoms with Gasteiger partial charge in [0, 0.05) is 24.8 Å². The van der Waals surface area contributed by atoms with Crippen LogP contribution in [0.2, 0.25) is 0 Å². The molecule has 35 heavy (non-hydrogen) atoms. The molecule has 0 radical (unpaired) electrons. The highest BCUT2D eigenvalue weighted by Gasteiger charge is 2.71. The molecule has 0 aromatic rings. The highest BCUT2D eigenvalue weighted by molar-refractivity contribution is 5.67. The van der Waals surface area contributed by atoms with Gasteiger partial charge in [0.1, 0.15) is 6.10 Å². The standard InChI is InChI=1S/C29H44O6/c1-16(30)34-19-13-22-28(6)12-9-20-26(3,4)10-8-11-27(20,5)21(28)14-23(32)29(22,7)24-18(19)15-33-25(24)35-17(2)31/h15,19-25,32H,8-14H2,1-7H3/t19-,20-,21+,22-,23-,24+,25-,27-,28+,29+/m0/s1. The number of aliphatic hydroxyl groups excluding tert-OH is 1. The van der Waals surface area contributed by atoms with Crippen molar-refractivity contribution in [1.29, 1.82) is 0 Å². The SMILES string of the molecule is CC(=O)O[C@@H]1OC=C2[C@@H](OC(C)=O)C[C@H]3[C@]4(C)CC[C@H]5C(C)(C)CCC[C@]5(C)[C@H]4C[C@H](O)[C@]3(C)[C@H]21. The Kier molecular flexibility index (Phi) is 5.71. The monoisotopic (exact) mass is 488 g/mol. The van der Waals surface area contributed by atoms with E-state index in [1.54, 1.807) is 6.26 Å². The molecule has 4 fully saturated rings. The van der Waals surface area contributed by atoms with Crippen molar-refractivity contribution in [2.45, 2.75) is 112 Å². The Bertz CT molecular complexity index is 939. The molecule has 10 atom stereocenters. The molecule has 0 saturated heterocycles. The van der Waals surface area contributed by atoms with Gasteiger partial charge < -0.3 is 19.3 Å². The molecule has 0 aromatic heterocycles. The predicted octanol–water partition coefficient (Wildman–Crippen LogP) is 5.38. The first kappa shape index (κ1) is 25.1. The number of hydrogen-bond acceptors (Lipinski definition) is 6. The lowest BCUT2D eigenvalue weighted by Crippen LogP contribution is -2.68. The molecule has 6 nitrogen and oxygen atoms in total. The van der Waals surface area contributed by atoms with Gasteiger partial charge in [-0.15, -0.1) is 0 Å². The Labute approximate surface area is 210 Å². The fraction of sp³-hybridized carbons (Fsp3) is 0.862. The number of carbonyl (C=O) groups excluding carboxylic acids is 2. The topological polar surface area (TPSA) is 82.1 Å². The third kappa shape index (κ3) is 3.44. The number of aliphatic hydroxyl groups is 1. The van der Waals surface area contributed by atoms with Gasteiger partial charge in [-0.1, -0.05) is 41.0 Å². The summed E-state index contributed by atoms with van der Waals surface area (Å²) in [5.41, 5.74) is 0.760. The van der Waals surface area contributed by atoms with Gasteiger partial charge in [-0.2, -0.15) is 0 Å². The largest absolute Gasteiger partial charge is 0.462 e. The van der Waals surface area contributed by atoms with E-state index >= 15 is 0 Å². The Morgan fingerprint density at radius 3 is 2.23 bits per heavy atom.